The number of para-hydroxylation sites is 2. The van der Waals surface area contributed by atoms with Crippen molar-refractivity contribution in [1.29, 1.82) is 0 Å². The van der Waals surface area contributed by atoms with E-state index in [0.29, 0.717) is 33.3 Å². The number of nitrogens with zero attached hydrogens (tertiary/aromatic N) is 4. The monoisotopic (exact) mass is 1130 g/mol. The minimum Gasteiger partial charge on any atom is -0.385 e. The maximum Gasteiger partial charge on any atom is 0.397 e. The number of rotatable bonds is 18. The van der Waals surface area contributed by atoms with Gasteiger partial charge in [-0.1, -0.05) is 107 Å². The Morgan fingerprint density at radius 1 is 0.611 bits per heavy atom. The lowest BCUT2D eigenvalue weighted by Gasteiger charge is -2.44. The number of hydrogen-bond acceptors (Lipinski definition) is 6. The molecule has 4 aromatic rings. The van der Waals surface area contributed by atoms with E-state index in [0.717, 1.165) is 21.2 Å². The second-order valence-electron chi connectivity index (χ2n) is 15.8. The van der Waals surface area contributed by atoms with Crippen molar-refractivity contribution >= 4 is 108 Å². The number of nitrogens with one attached hydrogen (secondary N) is 2. The summed E-state index contributed by atoms with van der Waals surface area (Å²) < 4.78 is 76.1. The summed E-state index contributed by atoms with van der Waals surface area (Å²) in [7, 11) is 5.55. The molecule has 0 saturated heterocycles. The summed E-state index contributed by atoms with van der Waals surface area (Å²) >= 11 is 24.3. The zero-order chi connectivity index (χ0) is 53.0. The molecule has 0 heterocycles. The molecule has 0 radical (unpaired) electrons. The zero-order valence-electron chi connectivity index (χ0n) is 40.7. The van der Waals surface area contributed by atoms with Gasteiger partial charge in [0.15, 0.2) is 0 Å². The van der Waals surface area contributed by atoms with Gasteiger partial charge in [0.2, 0.25) is 11.8 Å². The van der Waals surface area contributed by atoms with Gasteiger partial charge < -0.3 is 30.2 Å². The minimum atomic E-state index is -4.72. The summed E-state index contributed by atoms with van der Waals surface area (Å²) in [6, 6.07) is 28.2. The Morgan fingerprint density at radius 3 is 1.47 bits per heavy atom. The van der Waals surface area contributed by atoms with Crippen LogP contribution in [0, 0.1) is 0 Å². The molecule has 4 rings (SSSR count). The van der Waals surface area contributed by atoms with Crippen molar-refractivity contribution in [3.63, 3.8) is 0 Å². The molecule has 4 aromatic carbocycles. The summed E-state index contributed by atoms with van der Waals surface area (Å²) in [5.74, 6) is -4.00. The van der Waals surface area contributed by atoms with Crippen molar-refractivity contribution < 1.29 is 45.5 Å². The van der Waals surface area contributed by atoms with Crippen LogP contribution in [0.5, 0.6) is 0 Å². The lowest BCUT2D eigenvalue weighted by atomic mass is 9.84. The number of hydrogen-bond donors (Lipinski definition) is 2. The van der Waals surface area contributed by atoms with Crippen molar-refractivity contribution in [1.82, 2.24) is 20.0 Å². The molecule has 4 amide bonds. The fraction of sp³-hybridized carbons (Fsp3) is 0.360. The molecule has 0 saturated carbocycles. The predicted octanol–water partition coefficient (Wildman–Crippen LogP) is 12.4. The fourth-order valence-corrected chi connectivity index (χ4v) is 7.82. The van der Waals surface area contributed by atoms with Crippen LogP contribution < -0.4 is 15.5 Å². The van der Waals surface area contributed by atoms with Gasteiger partial charge in [-0.05, 0) is 93.4 Å². The van der Waals surface area contributed by atoms with Crippen LogP contribution >= 0.6 is 73.4 Å². The molecule has 398 valence electrons. The third-order valence-corrected chi connectivity index (χ3v) is 12.3. The highest BCUT2D eigenvalue weighted by atomic mass is 35.5. The van der Waals surface area contributed by atoms with Crippen LogP contribution in [0.2, 0.25) is 20.1 Å². The first-order valence-electron chi connectivity index (χ1n) is 21.6. The van der Waals surface area contributed by atoms with Crippen LogP contribution in [-0.4, -0.2) is 105 Å². The Balaban J connectivity index is 0.00000123. The van der Waals surface area contributed by atoms with Crippen molar-refractivity contribution in [2.24, 2.45) is 0 Å². The third-order valence-electron chi connectivity index (χ3n) is 10.9. The number of carbonyl (C=O) groups is 4. The lowest BCUT2D eigenvalue weighted by molar-refractivity contribution is -0.163. The second kappa shape index (κ2) is 31.2. The van der Waals surface area contributed by atoms with Gasteiger partial charge in [0.25, 0.3) is 0 Å². The molecular formula is C50H62Cl4F6N6O4S2. The molecule has 72 heavy (non-hydrogen) atoms. The van der Waals surface area contributed by atoms with Gasteiger partial charge in [-0.3, -0.25) is 19.2 Å². The van der Waals surface area contributed by atoms with Crippen LogP contribution in [-0.2, 0) is 30.3 Å². The van der Waals surface area contributed by atoms with Crippen molar-refractivity contribution in [2.45, 2.75) is 63.0 Å². The Bertz CT molecular complexity index is 2380. The molecule has 0 bridgehead atoms. The Hall–Kier alpha value is -4.56. The molecule has 0 aliphatic heterocycles. The normalized spacial score (nSPS) is 12.4. The molecule has 2 atom stereocenters. The summed E-state index contributed by atoms with van der Waals surface area (Å²) in [6.07, 6.45) is -9.00. The minimum absolute atomic E-state index is 0. The molecule has 22 heteroatoms. The molecule has 0 spiro atoms. The first kappa shape index (κ1) is 67.4. The molecule has 0 aliphatic rings. The van der Waals surface area contributed by atoms with Crippen molar-refractivity contribution in [3.05, 3.63) is 154 Å². The van der Waals surface area contributed by atoms with Gasteiger partial charge in [-0.2, -0.15) is 53.3 Å². The quantitative estimate of drug-likeness (QED) is 0.0584. The Kier molecular flexibility index (Phi) is 29.3. The van der Waals surface area contributed by atoms with Gasteiger partial charge in [-0.25, -0.2) is 0 Å². The summed E-state index contributed by atoms with van der Waals surface area (Å²) in [6.45, 7) is 12.0. The molecule has 0 aromatic heterocycles. The molecule has 10 nitrogen and oxygen atoms in total. The lowest BCUT2D eigenvalue weighted by Crippen LogP contribution is -2.57. The largest absolute Gasteiger partial charge is 0.397 e. The van der Waals surface area contributed by atoms with Crippen LogP contribution in [0.15, 0.2) is 122 Å². The first-order valence-corrected chi connectivity index (χ1v) is 23.1. The molecule has 2 N–H and O–H groups in total. The van der Waals surface area contributed by atoms with E-state index < -0.39 is 59.9 Å². The maximum absolute atomic E-state index is 13.6. The fourth-order valence-electron chi connectivity index (χ4n) is 7.23. The summed E-state index contributed by atoms with van der Waals surface area (Å²) in [5.41, 5.74) is 0.435. The van der Waals surface area contributed by atoms with E-state index in [1.807, 2.05) is 18.2 Å². The van der Waals surface area contributed by atoms with E-state index in [-0.39, 0.29) is 63.1 Å². The number of carbonyl (C=O) groups excluding carboxylic acids is 4. The highest BCUT2D eigenvalue weighted by molar-refractivity contribution is 7.59. The van der Waals surface area contributed by atoms with E-state index in [9.17, 15) is 45.5 Å². The zero-order valence-corrected chi connectivity index (χ0v) is 45.7. The SMILES string of the molecule is C=CC[C@@](CN(C)C(=O)CC(F)(F)F)(c1ccc(Cl)c(Cl)c1)N(C)C(=O)C(=O)N(CC)c1ccccc1.C=CC[C@](CN(C)C(=O)CC(F)(F)F)(NC)c1ccc(Cl)c(Cl)c1.CCNc1ccccc1.S.S. The smallest absolute Gasteiger partial charge is 0.385 e. The maximum atomic E-state index is 13.6. The average molecular weight is 1130 g/mol. The third kappa shape index (κ3) is 20.4. The van der Waals surface area contributed by atoms with Crippen molar-refractivity contribution in [3.8, 4) is 0 Å². The highest BCUT2D eigenvalue weighted by Crippen LogP contribution is 2.38. The van der Waals surface area contributed by atoms with Gasteiger partial charge >= 0.3 is 24.2 Å². The standard InChI is InChI=1S/C26H28Cl2F3N3O3.C16H19Cl2F3N2O.C8H11N.2H2S/c1-5-14-25(18-12-13-20(27)21(28)15-18,17-32(3)22(35)16-26(29,30)31)33(4)23(36)24(37)34(6-2)19-10-8-7-9-11-19;1-4-7-15(22-2,11-5-6-12(17)13(18)8-11)10-23(3)14(24)9-16(19,20)21;1-2-9-8-6-4-3-5-7-8;;/h5,7-13,15H,1,6,14,16-17H2,2-4H3;4-6,8,22H,1,7,9-10H2,2-3H3;3-7,9H,2H2,1H3;2*1H2/t25-;15-;;;/m11.../s1. The number of halogens is 10. The van der Waals surface area contributed by atoms with E-state index in [2.05, 4.69) is 42.8 Å². The number of likely N-dealkylation sites (N-methyl/N-ethyl adjacent to an activating group) is 5. The Morgan fingerprint density at radius 2 is 1.06 bits per heavy atom. The molecule has 0 fully saturated rings. The highest BCUT2D eigenvalue weighted by Gasteiger charge is 2.44. The average Bonchev–Trinajstić information content (AvgIpc) is 3.30. The molecule has 0 aliphatic carbocycles. The van der Waals surface area contributed by atoms with Crippen LogP contribution in [0.3, 0.4) is 0 Å². The van der Waals surface area contributed by atoms with Gasteiger partial charge in [0, 0.05) is 58.7 Å². The van der Waals surface area contributed by atoms with Crippen molar-refractivity contribution in [2.75, 3.05) is 64.6 Å². The number of benzene rings is 4. The van der Waals surface area contributed by atoms with Crippen LogP contribution in [0.4, 0.5) is 37.7 Å². The number of anilines is 2. The van der Waals surface area contributed by atoms with Gasteiger partial charge in [-0.15, -0.1) is 13.2 Å². The first-order chi connectivity index (χ1) is 32.7. The molecular weight excluding hydrogens is 1070 g/mol. The predicted molar refractivity (Wildman–Crippen MR) is 290 cm³/mol. The number of alkyl halides is 6. The summed E-state index contributed by atoms with van der Waals surface area (Å²) in [4.78, 5) is 55.5. The number of amides is 4. The van der Waals surface area contributed by atoms with Crippen LogP contribution in [0.1, 0.15) is 50.7 Å². The topological polar surface area (TPSA) is 105 Å². The van der Waals surface area contributed by atoms with E-state index in [4.69, 9.17) is 46.4 Å². The van der Waals surface area contributed by atoms with Gasteiger partial charge in [0.05, 0.1) is 31.2 Å². The van der Waals surface area contributed by atoms with Gasteiger partial charge in [0.1, 0.15) is 12.8 Å². The van der Waals surface area contributed by atoms with E-state index in [1.54, 1.807) is 74.6 Å². The van der Waals surface area contributed by atoms with E-state index in [1.165, 1.54) is 49.9 Å². The molecule has 0 unspecified atom stereocenters. The van der Waals surface area contributed by atoms with Crippen LogP contribution in [0.25, 0.3) is 0 Å². The Labute approximate surface area is 452 Å². The summed E-state index contributed by atoms with van der Waals surface area (Å²) in [5, 5.41) is 7.32. The van der Waals surface area contributed by atoms with E-state index >= 15 is 0 Å². The second-order valence-corrected chi connectivity index (χ2v) is 17.5.